The number of rotatable bonds is 2. The molecular formula is C25H32FN7O2. The molecule has 2 N–H and O–H groups in total. The molecule has 0 aliphatic carbocycles. The van der Waals surface area contributed by atoms with Crippen LogP contribution in [0.5, 0.6) is 0 Å². The fraction of sp³-hybridized carbons (Fsp3) is 0.480. The number of carbonyl (C=O) groups is 1. The molecule has 1 spiro atoms. The predicted octanol–water partition coefficient (Wildman–Crippen LogP) is 3.37. The molecule has 6 rings (SSSR count). The molecule has 2 amide bonds. The van der Waals surface area contributed by atoms with Crippen LogP contribution in [0.25, 0.3) is 5.65 Å². The van der Waals surface area contributed by atoms with E-state index in [1.165, 1.54) is 6.07 Å². The van der Waals surface area contributed by atoms with Gasteiger partial charge in [0.05, 0.1) is 23.6 Å². The maximum absolute atomic E-state index is 14.4. The summed E-state index contributed by atoms with van der Waals surface area (Å²) in [5.74, 6) is 0.180. The van der Waals surface area contributed by atoms with Crippen LogP contribution in [-0.2, 0) is 11.2 Å². The Bertz CT molecular complexity index is 1240. The number of urea groups is 1. The Labute approximate surface area is 204 Å². The summed E-state index contributed by atoms with van der Waals surface area (Å²) in [4.78, 5) is 25.7. The number of anilines is 3. The average molecular weight is 482 g/mol. The third-order valence-corrected chi connectivity index (χ3v) is 6.76. The van der Waals surface area contributed by atoms with Crippen molar-refractivity contribution in [3.05, 3.63) is 47.8 Å². The lowest BCUT2D eigenvalue weighted by molar-refractivity contribution is -0.0496. The van der Waals surface area contributed by atoms with Gasteiger partial charge in [-0.3, -0.25) is 4.90 Å². The average Bonchev–Trinajstić information content (AvgIpc) is 3.57. The number of halogens is 1. The number of fused-ring (bicyclic) bond motifs is 2. The molecule has 1 atom stereocenters. The van der Waals surface area contributed by atoms with Crippen molar-refractivity contribution in [1.29, 1.82) is 0 Å². The van der Waals surface area contributed by atoms with E-state index < -0.39 is 5.82 Å². The van der Waals surface area contributed by atoms with E-state index in [0.29, 0.717) is 23.7 Å². The largest absolute Gasteiger partial charge is 0.370 e. The van der Waals surface area contributed by atoms with E-state index >= 15 is 0 Å². The summed E-state index contributed by atoms with van der Waals surface area (Å²) >= 11 is 0. The Morgan fingerprint density at radius 1 is 1.29 bits per heavy atom. The van der Waals surface area contributed by atoms with Crippen molar-refractivity contribution in [3.63, 3.8) is 0 Å². The van der Waals surface area contributed by atoms with Gasteiger partial charge < -0.3 is 24.7 Å². The van der Waals surface area contributed by atoms with Gasteiger partial charge in [0.15, 0.2) is 11.5 Å². The van der Waals surface area contributed by atoms with Gasteiger partial charge in [0.1, 0.15) is 5.82 Å². The van der Waals surface area contributed by atoms with Gasteiger partial charge in [0, 0.05) is 68.6 Å². The zero-order chi connectivity index (χ0) is 24.6. The standard InChI is InChI=1S/C23H26FN7O2.C2H6/c1-15-11-30-12-16(10-18(24)21(30)27-15)28-22(32)31-7-3-17-19(2-5-26-20(17)31)29-8-4-23(14-29)13-25-6-9-33-23;1-2/h2,5,10-12,25H,3-4,6-9,13-14H2,1H3,(H,28,32);1-2H3. The van der Waals surface area contributed by atoms with Gasteiger partial charge in [-0.15, -0.1) is 0 Å². The molecule has 3 aliphatic rings. The highest BCUT2D eigenvalue weighted by Crippen LogP contribution is 2.38. The van der Waals surface area contributed by atoms with Crippen LogP contribution in [0, 0.1) is 12.7 Å². The highest BCUT2D eigenvalue weighted by atomic mass is 19.1. The second-order valence-electron chi connectivity index (χ2n) is 9.03. The lowest BCUT2D eigenvalue weighted by Gasteiger charge is -2.34. The van der Waals surface area contributed by atoms with E-state index in [4.69, 9.17) is 4.74 Å². The maximum atomic E-state index is 14.4. The fourth-order valence-corrected chi connectivity index (χ4v) is 5.23. The van der Waals surface area contributed by atoms with E-state index in [9.17, 15) is 9.18 Å². The van der Waals surface area contributed by atoms with E-state index in [0.717, 1.165) is 56.9 Å². The summed E-state index contributed by atoms with van der Waals surface area (Å²) in [6.07, 6.45) is 6.84. The number of amides is 2. The van der Waals surface area contributed by atoms with Crippen LogP contribution < -0.4 is 20.4 Å². The van der Waals surface area contributed by atoms with E-state index in [1.54, 1.807) is 34.8 Å². The number of pyridine rings is 2. The predicted molar refractivity (Wildman–Crippen MR) is 134 cm³/mol. The molecule has 2 fully saturated rings. The van der Waals surface area contributed by atoms with Gasteiger partial charge in [0.2, 0.25) is 0 Å². The Morgan fingerprint density at radius 3 is 2.94 bits per heavy atom. The molecule has 3 aliphatic heterocycles. The molecule has 3 aromatic heterocycles. The fourth-order valence-electron chi connectivity index (χ4n) is 5.23. The molecule has 6 heterocycles. The maximum Gasteiger partial charge on any atom is 0.327 e. The number of nitrogens with zero attached hydrogens (tertiary/aromatic N) is 5. The molecule has 0 aromatic carbocycles. The summed E-state index contributed by atoms with van der Waals surface area (Å²) in [6, 6.07) is 2.99. The molecule has 0 bridgehead atoms. The second-order valence-corrected chi connectivity index (χ2v) is 9.03. The van der Waals surface area contributed by atoms with Crippen LogP contribution in [-0.4, -0.2) is 65.3 Å². The van der Waals surface area contributed by atoms with Gasteiger partial charge >= 0.3 is 6.03 Å². The van der Waals surface area contributed by atoms with Gasteiger partial charge in [-0.2, -0.15) is 0 Å². The number of ether oxygens (including phenoxy) is 1. The lowest BCUT2D eigenvalue weighted by Crippen LogP contribution is -2.51. The van der Waals surface area contributed by atoms with Crippen LogP contribution in [0.15, 0.2) is 30.7 Å². The van der Waals surface area contributed by atoms with Gasteiger partial charge in [-0.1, -0.05) is 13.8 Å². The number of hydrogen-bond donors (Lipinski definition) is 2. The summed E-state index contributed by atoms with van der Waals surface area (Å²) < 4.78 is 22.1. The first kappa shape index (κ1) is 23.5. The topological polar surface area (TPSA) is 87.0 Å². The van der Waals surface area contributed by atoms with Crippen molar-refractivity contribution in [2.45, 2.75) is 39.2 Å². The van der Waals surface area contributed by atoms with E-state index in [2.05, 4.69) is 25.5 Å². The number of aromatic nitrogens is 3. The first-order chi connectivity index (χ1) is 17.0. The Hall–Kier alpha value is -3.24. The van der Waals surface area contributed by atoms with Gasteiger partial charge in [-0.05, 0) is 25.8 Å². The lowest BCUT2D eigenvalue weighted by atomic mass is 10.0. The molecular weight excluding hydrogens is 449 g/mol. The molecule has 0 saturated carbocycles. The summed E-state index contributed by atoms with van der Waals surface area (Å²) in [6.45, 7) is 10.6. The minimum atomic E-state index is -0.481. The number of morpholine rings is 1. The quantitative estimate of drug-likeness (QED) is 0.584. The monoisotopic (exact) mass is 481 g/mol. The van der Waals surface area contributed by atoms with Gasteiger partial charge in [0.25, 0.3) is 0 Å². The second kappa shape index (κ2) is 9.43. The minimum absolute atomic E-state index is 0.140. The summed E-state index contributed by atoms with van der Waals surface area (Å²) in [5.41, 5.74) is 3.36. The van der Waals surface area contributed by atoms with Crippen molar-refractivity contribution in [2.75, 3.05) is 54.4 Å². The molecule has 35 heavy (non-hydrogen) atoms. The minimum Gasteiger partial charge on any atom is -0.370 e. The third kappa shape index (κ3) is 4.32. The molecule has 2 saturated heterocycles. The highest BCUT2D eigenvalue weighted by Gasteiger charge is 2.42. The van der Waals surface area contributed by atoms with Crippen LogP contribution in [0.4, 0.5) is 26.4 Å². The number of nitrogens with one attached hydrogen (secondary N) is 2. The van der Waals surface area contributed by atoms with Crippen LogP contribution in [0.1, 0.15) is 31.5 Å². The highest BCUT2D eigenvalue weighted by molar-refractivity contribution is 6.03. The van der Waals surface area contributed by atoms with Crippen molar-refractivity contribution in [3.8, 4) is 0 Å². The van der Waals surface area contributed by atoms with Gasteiger partial charge in [-0.25, -0.2) is 19.2 Å². The Balaban J connectivity index is 0.00000124. The zero-order valence-electron chi connectivity index (χ0n) is 20.5. The van der Waals surface area contributed by atoms with E-state index in [1.807, 2.05) is 19.9 Å². The number of imidazole rings is 1. The first-order valence-electron chi connectivity index (χ1n) is 12.3. The Kier molecular flexibility index (Phi) is 6.33. The van der Waals surface area contributed by atoms with Crippen molar-refractivity contribution in [2.24, 2.45) is 0 Å². The van der Waals surface area contributed by atoms with Crippen LogP contribution in [0.3, 0.4) is 0 Å². The molecule has 1 unspecified atom stereocenters. The molecule has 10 heteroatoms. The number of aryl methyl sites for hydroxylation is 1. The zero-order valence-corrected chi connectivity index (χ0v) is 20.5. The van der Waals surface area contributed by atoms with Crippen molar-refractivity contribution < 1.29 is 13.9 Å². The summed E-state index contributed by atoms with van der Waals surface area (Å²) in [5, 5.41) is 6.26. The molecule has 186 valence electrons. The van der Waals surface area contributed by atoms with E-state index in [-0.39, 0.29) is 17.3 Å². The summed E-state index contributed by atoms with van der Waals surface area (Å²) in [7, 11) is 0. The third-order valence-electron chi connectivity index (χ3n) is 6.76. The Morgan fingerprint density at radius 2 is 2.14 bits per heavy atom. The first-order valence-corrected chi connectivity index (χ1v) is 12.3. The van der Waals surface area contributed by atoms with Crippen LogP contribution in [0.2, 0.25) is 0 Å². The molecule has 9 nitrogen and oxygen atoms in total. The number of carbonyl (C=O) groups excluding carboxylic acids is 1. The molecule has 0 radical (unpaired) electrons. The normalized spacial score (nSPS) is 21.3. The van der Waals surface area contributed by atoms with Crippen molar-refractivity contribution >= 4 is 28.9 Å². The molecule has 3 aromatic rings. The van der Waals surface area contributed by atoms with Crippen molar-refractivity contribution in [1.82, 2.24) is 19.7 Å². The van der Waals surface area contributed by atoms with Crippen LogP contribution >= 0.6 is 0 Å². The SMILES string of the molecule is CC.Cc1cn2cc(NC(=O)N3CCc4c(N5CCC6(CNCCO6)C5)ccnc43)cc(F)c2n1. The smallest absolute Gasteiger partial charge is 0.327 e. The number of hydrogen-bond acceptors (Lipinski definition) is 6.